The Bertz CT molecular complexity index is 740. The number of aromatic nitrogens is 1. The molecule has 1 aromatic heterocycles. The molecule has 86 valence electrons. The van der Waals surface area contributed by atoms with Crippen LogP contribution in [0, 0.1) is 6.92 Å². The van der Waals surface area contributed by atoms with Gasteiger partial charge >= 0.3 is 0 Å². The van der Waals surface area contributed by atoms with E-state index in [1.165, 1.54) is 0 Å². The van der Waals surface area contributed by atoms with Gasteiger partial charge in [0.1, 0.15) is 0 Å². The third-order valence-corrected chi connectivity index (χ3v) is 3.34. The number of nitrogens with one attached hydrogen (secondary N) is 1. The molecule has 0 spiro atoms. The first-order valence-electron chi connectivity index (χ1n) is 5.44. The third-order valence-electron chi connectivity index (χ3n) is 3.34. The summed E-state index contributed by atoms with van der Waals surface area (Å²) in [6, 6.07) is 7.96. The van der Waals surface area contributed by atoms with Gasteiger partial charge in [-0.1, -0.05) is 18.2 Å². The summed E-state index contributed by atoms with van der Waals surface area (Å²) >= 11 is 0. The Morgan fingerprint density at radius 3 is 2.41 bits per heavy atom. The highest BCUT2D eigenvalue weighted by atomic mass is 14.8. The summed E-state index contributed by atoms with van der Waals surface area (Å²) in [7, 11) is 0. The standard InChI is InChI=1S/C13H14N4/c1-6-10(14)12(16)9-7-4-2-3-5-8(7)17-13(9)11(6)15/h2-5,17H,14-16H2,1H3. The normalized spacial score (nSPS) is 11.4. The van der Waals surface area contributed by atoms with Gasteiger partial charge in [-0.15, -0.1) is 0 Å². The molecule has 0 amide bonds. The smallest absolute Gasteiger partial charge is 0.0723 e. The lowest BCUT2D eigenvalue weighted by atomic mass is 10.0. The summed E-state index contributed by atoms with van der Waals surface area (Å²) < 4.78 is 0. The molecule has 3 rings (SSSR count). The van der Waals surface area contributed by atoms with Crippen molar-refractivity contribution >= 4 is 38.9 Å². The van der Waals surface area contributed by atoms with Crippen LogP contribution in [0.4, 0.5) is 17.1 Å². The van der Waals surface area contributed by atoms with Gasteiger partial charge in [-0.2, -0.15) is 0 Å². The van der Waals surface area contributed by atoms with Gasteiger partial charge in [-0.25, -0.2) is 0 Å². The Kier molecular flexibility index (Phi) is 1.78. The fourth-order valence-corrected chi connectivity index (χ4v) is 2.29. The number of nitrogens with two attached hydrogens (primary N) is 3. The average Bonchev–Trinajstić information content (AvgIpc) is 2.73. The van der Waals surface area contributed by atoms with Gasteiger partial charge in [0.15, 0.2) is 0 Å². The first-order chi connectivity index (χ1) is 8.11. The summed E-state index contributed by atoms with van der Waals surface area (Å²) in [6.07, 6.45) is 0. The highest BCUT2D eigenvalue weighted by Gasteiger charge is 2.15. The van der Waals surface area contributed by atoms with E-state index >= 15 is 0 Å². The van der Waals surface area contributed by atoms with Crippen LogP contribution in [0.5, 0.6) is 0 Å². The minimum Gasteiger partial charge on any atom is -0.397 e. The predicted molar refractivity (Wildman–Crippen MR) is 73.8 cm³/mol. The summed E-state index contributed by atoms with van der Waals surface area (Å²) in [6.45, 7) is 1.88. The molecule has 0 radical (unpaired) electrons. The van der Waals surface area contributed by atoms with Crippen molar-refractivity contribution in [3.8, 4) is 0 Å². The average molecular weight is 226 g/mol. The van der Waals surface area contributed by atoms with Gasteiger partial charge in [0.25, 0.3) is 0 Å². The van der Waals surface area contributed by atoms with Crippen molar-refractivity contribution in [3.63, 3.8) is 0 Å². The number of nitrogen functional groups attached to an aromatic ring is 3. The fourth-order valence-electron chi connectivity index (χ4n) is 2.29. The van der Waals surface area contributed by atoms with E-state index in [1.54, 1.807) is 0 Å². The quantitative estimate of drug-likeness (QED) is 0.443. The van der Waals surface area contributed by atoms with Gasteiger partial charge < -0.3 is 22.2 Å². The summed E-state index contributed by atoms with van der Waals surface area (Å²) in [5.74, 6) is 0. The fraction of sp³-hybridized carbons (Fsp3) is 0.0769. The lowest BCUT2D eigenvalue weighted by Crippen LogP contribution is -2.02. The minimum atomic E-state index is 0.569. The van der Waals surface area contributed by atoms with Crippen molar-refractivity contribution in [3.05, 3.63) is 29.8 Å². The first kappa shape index (κ1) is 9.84. The van der Waals surface area contributed by atoms with E-state index in [0.29, 0.717) is 17.1 Å². The Balaban J connectivity index is 2.67. The Labute approximate surface area is 98.4 Å². The van der Waals surface area contributed by atoms with Crippen molar-refractivity contribution in [2.24, 2.45) is 0 Å². The SMILES string of the molecule is Cc1c(N)c(N)c2c([nH]c3ccccc32)c1N. The molecular formula is C13H14N4. The van der Waals surface area contributed by atoms with Crippen molar-refractivity contribution in [1.82, 2.24) is 4.98 Å². The van der Waals surface area contributed by atoms with Crippen LogP contribution < -0.4 is 17.2 Å². The van der Waals surface area contributed by atoms with Gasteiger partial charge in [-0.05, 0) is 18.6 Å². The number of hydrogen-bond donors (Lipinski definition) is 4. The molecule has 3 aromatic rings. The van der Waals surface area contributed by atoms with E-state index in [0.717, 1.165) is 27.4 Å². The monoisotopic (exact) mass is 226 g/mol. The predicted octanol–water partition coefficient (Wildman–Crippen LogP) is 2.38. The number of benzene rings is 2. The molecule has 2 aromatic carbocycles. The molecule has 4 heteroatoms. The van der Waals surface area contributed by atoms with E-state index in [-0.39, 0.29) is 0 Å². The number of para-hydroxylation sites is 1. The van der Waals surface area contributed by atoms with Crippen molar-refractivity contribution in [2.45, 2.75) is 6.92 Å². The lowest BCUT2D eigenvalue weighted by molar-refractivity contribution is 1.47. The molecule has 1 heterocycles. The minimum absolute atomic E-state index is 0.569. The molecular weight excluding hydrogens is 212 g/mol. The maximum Gasteiger partial charge on any atom is 0.0723 e. The summed E-state index contributed by atoms with van der Waals surface area (Å²) in [5.41, 5.74) is 22.7. The third kappa shape index (κ3) is 1.12. The number of anilines is 3. The van der Waals surface area contributed by atoms with Crippen LogP contribution in [0.2, 0.25) is 0 Å². The second-order valence-corrected chi connectivity index (χ2v) is 4.29. The molecule has 0 aliphatic heterocycles. The number of fused-ring (bicyclic) bond motifs is 3. The second-order valence-electron chi connectivity index (χ2n) is 4.29. The van der Waals surface area contributed by atoms with E-state index < -0.39 is 0 Å². The van der Waals surface area contributed by atoms with Crippen LogP contribution in [0.3, 0.4) is 0 Å². The van der Waals surface area contributed by atoms with Gasteiger partial charge in [-0.3, -0.25) is 0 Å². The Morgan fingerprint density at radius 2 is 1.65 bits per heavy atom. The highest BCUT2D eigenvalue weighted by molar-refractivity contribution is 6.19. The highest BCUT2D eigenvalue weighted by Crippen LogP contribution is 2.39. The van der Waals surface area contributed by atoms with Gasteiger partial charge in [0.2, 0.25) is 0 Å². The second kappa shape index (κ2) is 3.07. The van der Waals surface area contributed by atoms with E-state index in [1.807, 2.05) is 31.2 Å². The molecule has 17 heavy (non-hydrogen) atoms. The number of H-pyrrole nitrogens is 1. The van der Waals surface area contributed by atoms with E-state index in [4.69, 9.17) is 17.2 Å². The molecule has 0 fully saturated rings. The number of hydrogen-bond acceptors (Lipinski definition) is 3. The van der Waals surface area contributed by atoms with Crippen molar-refractivity contribution in [2.75, 3.05) is 17.2 Å². The van der Waals surface area contributed by atoms with Gasteiger partial charge in [0, 0.05) is 16.3 Å². The number of aromatic amines is 1. The molecule has 0 bridgehead atoms. The van der Waals surface area contributed by atoms with Crippen LogP contribution >= 0.6 is 0 Å². The maximum atomic E-state index is 6.10. The zero-order chi connectivity index (χ0) is 12.2. The largest absolute Gasteiger partial charge is 0.397 e. The Morgan fingerprint density at radius 1 is 0.941 bits per heavy atom. The van der Waals surface area contributed by atoms with Crippen molar-refractivity contribution in [1.29, 1.82) is 0 Å². The van der Waals surface area contributed by atoms with Crippen LogP contribution in [0.1, 0.15) is 5.56 Å². The summed E-state index contributed by atoms with van der Waals surface area (Å²) in [4.78, 5) is 3.29. The first-order valence-corrected chi connectivity index (χ1v) is 5.44. The van der Waals surface area contributed by atoms with Crippen LogP contribution in [0.25, 0.3) is 21.8 Å². The molecule has 0 atom stereocenters. The molecule has 0 saturated carbocycles. The van der Waals surface area contributed by atoms with Crippen LogP contribution in [-0.4, -0.2) is 4.98 Å². The van der Waals surface area contributed by atoms with E-state index in [9.17, 15) is 0 Å². The van der Waals surface area contributed by atoms with Gasteiger partial charge in [0.05, 0.1) is 22.6 Å². The molecule has 4 nitrogen and oxygen atoms in total. The molecule has 7 N–H and O–H groups in total. The molecule has 0 unspecified atom stereocenters. The molecule has 0 aliphatic rings. The van der Waals surface area contributed by atoms with Crippen molar-refractivity contribution < 1.29 is 0 Å². The maximum absolute atomic E-state index is 6.10. The Hall–Kier alpha value is -2.36. The number of rotatable bonds is 0. The van der Waals surface area contributed by atoms with Crippen LogP contribution in [-0.2, 0) is 0 Å². The van der Waals surface area contributed by atoms with Crippen LogP contribution in [0.15, 0.2) is 24.3 Å². The summed E-state index contributed by atoms with van der Waals surface area (Å²) in [5, 5.41) is 1.97. The molecule has 0 aliphatic carbocycles. The van der Waals surface area contributed by atoms with E-state index in [2.05, 4.69) is 4.98 Å². The zero-order valence-corrected chi connectivity index (χ0v) is 9.54. The topological polar surface area (TPSA) is 93.8 Å². The lowest BCUT2D eigenvalue weighted by Gasteiger charge is -2.09. The zero-order valence-electron chi connectivity index (χ0n) is 9.54. The molecule has 0 saturated heterocycles.